The quantitative estimate of drug-likeness (QED) is 0.595. The van der Waals surface area contributed by atoms with Crippen molar-refractivity contribution in [3.05, 3.63) is 41.5 Å². The van der Waals surface area contributed by atoms with Gasteiger partial charge in [-0.05, 0) is 36.1 Å². The van der Waals surface area contributed by atoms with Crippen LogP contribution in [0.15, 0.2) is 30.3 Å². The van der Waals surface area contributed by atoms with Crippen LogP contribution in [0, 0.1) is 5.92 Å². The van der Waals surface area contributed by atoms with Crippen molar-refractivity contribution in [1.82, 2.24) is 0 Å². The molecule has 0 unspecified atom stereocenters. The van der Waals surface area contributed by atoms with Crippen LogP contribution in [-0.4, -0.2) is 12.6 Å². The number of halogens is 3. The maximum Gasteiger partial charge on any atom is 0.416 e. The van der Waals surface area contributed by atoms with Gasteiger partial charge in [-0.1, -0.05) is 26.0 Å². The maximum absolute atomic E-state index is 12.5. The van der Waals surface area contributed by atoms with Gasteiger partial charge < -0.3 is 4.74 Å². The SMILES string of the molecule is CC(C)CCOC(=O)/C=C/c1cccc(C(F)(F)F)c1. The summed E-state index contributed by atoms with van der Waals surface area (Å²) in [6.45, 7) is 4.32. The summed E-state index contributed by atoms with van der Waals surface area (Å²) in [5.41, 5.74) is -0.437. The van der Waals surface area contributed by atoms with Crippen LogP contribution in [0.3, 0.4) is 0 Å². The van der Waals surface area contributed by atoms with Gasteiger partial charge in [-0.2, -0.15) is 13.2 Å². The van der Waals surface area contributed by atoms with Crippen LogP contribution < -0.4 is 0 Å². The van der Waals surface area contributed by atoms with Gasteiger partial charge in [0.2, 0.25) is 0 Å². The lowest BCUT2D eigenvalue weighted by molar-refractivity contribution is -0.138. The van der Waals surface area contributed by atoms with Gasteiger partial charge >= 0.3 is 12.1 Å². The molecule has 0 aliphatic carbocycles. The minimum Gasteiger partial charge on any atom is -0.463 e. The number of hydrogen-bond donors (Lipinski definition) is 0. The molecule has 0 atom stereocenters. The Morgan fingerprint density at radius 3 is 2.65 bits per heavy atom. The molecule has 0 aliphatic rings. The molecule has 0 spiro atoms. The molecule has 0 saturated heterocycles. The molecule has 0 radical (unpaired) electrons. The van der Waals surface area contributed by atoms with Gasteiger partial charge in [-0.3, -0.25) is 0 Å². The Labute approximate surface area is 116 Å². The molecule has 1 rings (SSSR count). The number of alkyl halides is 3. The molecule has 1 aromatic rings. The number of ether oxygens (including phenoxy) is 1. The molecule has 1 aromatic carbocycles. The monoisotopic (exact) mass is 286 g/mol. The van der Waals surface area contributed by atoms with Crippen LogP contribution in [0.2, 0.25) is 0 Å². The van der Waals surface area contributed by atoms with Crippen LogP contribution in [-0.2, 0) is 15.7 Å². The molecule has 2 nitrogen and oxygen atoms in total. The van der Waals surface area contributed by atoms with Gasteiger partial charge in [0.15, 0.2) is 0 Å². The lowest BCUT2D eigenvalue weighted by Crippen LogP contribution is -2.05. The minimum absolute atomic E-state index is 0.306. The van der Waals surface area contributed by atoms with Crippen LogP contribution in [0.5, 0.6) is 0 Å². The van der Waals surface area contributed by atoms with E-state index in [2.05, 4.69) is 0 Å². The topological polar surface area (TPSA) is 26.3 Å². The number of benzene rings is 1. The van der Waals surface area contributed by atoms with E-state index in [0.29, 0.717) is 18.1 Å². The van der Waals surface area contributed by atoms with E-state index in [9.17, 15) is 18.0 Å². The zero-order chi connectivity index (χ0) is 15.2. The minimum atomic E-state index is -4.39. The summed E-state index contributed by atoms with van der Waals surface area (Å²) in [5.74, 6) is -0.127. The van der Waals surface area contributed by atoms with Gasteiger partial charge in [-0.25, -0.2) is 4.79 Å². The van der Waals surface area contributed by atoms with Crippen molar-refractivity contribution in [1.29, 1.82) is 0 Å². The molecule has 0 saturated carbocycles. The Bertz CT molecular complexity index is 476. The fraction of sp³-hybridized carbons (Fsp3) is 0.400. The van der Waals surface area contributed by atoms with Gasteiger partial charge in [0.1, 0.15) is 0 Å². The largest absolute Gasteiger partial charge is 0.463 e. The Morgan fingerprint density at radius 1 is 1.35 bits per heavy atom. The first kappa shape index (κ1) is 16.3. The lowest BCUT2D eigenvalue weighted by Gasteiger charge is -2.06. The zero-order valence-corrected chi connectivity index (χ0v) is 11.4. The first-order valence-electron chi connectivity index (χ1n) is 6.31. The number of hydrogen-bond acceptors (Lipinski definition) is 2. The van der Waals surface area contributed by atoms with Crippen molar-refractivity contribution in [3.8, 4) is 0 Å². The van der Waals surface area contributed by atoms with Crippen molar-refractivity contribution in [2.45, 2.75) is 26.4 Å². The third-order valence-corrected chi connectivity index (χ3v) is 2.57. The van der Waals surface area contributed by atoms with Gasteiger partial charge in [0.05, 0.1) is 12.2 Å². The average molecular weight is 286 g/mol. The predicted molar refractivity (Wildman–Crippen MR) is 70.9 cm³/mol. The number of rotatable bonds is 5. The highest BCUT2D eigenvalue weighted by atomic mass is 19.4. The molecule has 0 amide bonds. The highest BCUT2D eigenvalue weighted by Crippen LogP contribution is 2.29. The van der Waals surface area contributed by atoms with Crippen molar-refractivity contribution in [2.75, 3.05) is 6.61 Å². The normalized spacial score (nSPS) is 12.1. The van der Waals surface area contributed by atoms with Gasteiger partial charge in [0.25, 0.3) is 0 Å². The standard InChI is InChI=1S/C15H17F3O2/c1-11(2)8-9-20-14(19)7-6-12-4-3-5-13(10-12)15(16,17)18/h3-7,10-11H,8-9H2,1-2H3/b7-6+. The molecule has 20 heavy (non-hydrogen) atoms. The van der Waals surface area contributed by atoms with E-state index in [1.54, 1.807) is 0 Å². The van der Waals surface area contributed by atoms with E-state index in [4.69, 9.17) is 4.74 Å². The summed E-state index contributed by atoms with van der Waals surface area (Å²) in [4.78, 5) is 11.3. The van der Waals surface area contributed by atoms with E-state index >= 15 is 0 Å². The van der Waals surface area contributed by atoms with E-state index in [0.717, 1.165) is 24.6 Å². The van der Waals surface area contributed by atoms with Crippen LogP contribution >= 0.6 is 0 Å². The summed E-state index contributed by atoms with van der Waals surface area (Å²) in [6.07, 6.45) is -1.19. The molecular weight excluding hydrogens is 269 g/mol. The number of carbonyl (C=O) groups is 1. The maximum atomic E-state index is 12.5. The molecule has 0 fully saturated rings. The van der Waals surface area contributed by atoms with Crippen molar-refractivity contribution < 1.29 is 22.7 Å². The smallest absolute Gasteiger partial charge is 0.416 e. The molecule has 5 heteroatoms. The van der Waals surface area contributed by atoms with E-state index in [-0.39, 0.29) is 0 Å². The summed E-state index contributed by atoms with van der Waals surface area (Å²) >= 11 is 0. The second-order valence-corrected chi connectivity index (χ2v) is 4.81. The van der Waals surface area contributed by atoms with E-state index < -0.39 is 17.7 Å². The Morgan fingerprint density at radius 2 is 2.05 bits per heavy atom. The van der Waals surface area contributed by atoms with Gasteiger partial charge in [0, 0.05) is 6.08 Å². The summed E-state index contributed by atoms with van der Waals surface area (Å²) in [7, 11) is 0. The van der Waals surface area contributed by atoms with E-state index in [1.807, 2.05) is 13.8 Å². The molecule has 110 valence electrons. The second-order valence-electron chi connectivity index (χ2n) is 4.81. The fourth-order valence-electron chi connectivity index (χ4n) is 1.43. The van der Waals surface area contributed by atoms with Crippen molar-refractivity contribution >= 4 is 12.0 Å². The third kappa shape index (κ3) is 5.91. The molecular formula is C15H17F3O2. The van der Waals surface area contributed by atoms with Crippen LogP contribution in [0.1, 0.15) is 31.4 Å². The van der Waals surface area contributed by atoms with Crippen molar-refractivity contribution in [2.24, 2.45) is 5.92 Å². The Balaban J connectivity index is 2.60. The summed E-state index contributed by atoms with van der Waals surface area (Å²) in [6, 6.07) is 4.76. The predicted octanol–water partition coefficient (Wildman–Crippen LogP) is 4.31. The number of esters is 1. The third-order valence-electron chi connectivity index (χ3n) is 2.57. The summed E-state index contributed by atoms with van der Waals surface area (Å²) < 4.78 is 42.4. The molecule has 0 aromatic heterocycles. The highest BCUT2D eigenvalue weighted by Gasteiger charge is 2.30. The average Bonchev–Trinajstić information content (AvgIpc) is 2.35. The van der Waals surface area contributed by atoms with Crippen molar-refractivity contribution in [3.63, 3.8) is 0 Å². The van der Waals surface area contributed by atoms with Crippen LogP contribution in [0.25, 0.3) is 6.08 Å². The highest BCUT2D eigenvalue weighted by molar-refractivity contribution is 5.87. The van der Waals surface area contributed by atoms with Gasteiger partial charge in [-0.15, -0.1) is 0 Å². The van der Waals surface area contributed by atoms with E-state index in [1.165, 1.54) is 18.2 Å². The zero-order valence-electron chi connectivity index (χ0n) is 11.4. The molecule has 0 aliphatic heterocycles. The fourth-order valence-corrected chi connectivity index (χ4v) is 1.43. The first-order valence-corrected chi connectivity index (χ1v) is 6.31. The molecule has 0 bridgehead atoms. The number of carbonyl (C=O) groups excluding carboxylic acids is 1. The first-order chi connectivity index (χ1) is 9.29. The lowest BCUT2D eigenvalue weighted by atomic mass is 10.1. The summed E-state index contributed by atoms with van der Waals surface area (Å²) in [5, 5.41) is 0. The molecule has 0 N–H and O–H groups in total. The Kier molecular flexibility index (Phi) is 5.80. The van der Waals surface area contributed by atoms with Crippen LogP contribution in [0.4, 0.5) is 13.2 Å². The second kappa shape index (κ2) is 7.12. The Hall–Kier alpha value is -1.78. The molecule has 0 heterocycles.